The number of nitrogens with zero attached hydrogens (tertiary/aromatic N) is 3. The van der Waals surface area contributed by atoms with Crippen LogP contribution in [0.5, 0.6) is 5.75 Å². The van der Waals surface area contributed by atoms with Gasteiger partial charge in [0, 0.05) is 29.6 Å². The van der Waals surface area contributed by atoms with Gasteiger partial charge in [0.25, 0.3) is 0 Å². The molecule has 28 heavy (non-hydrogen) atoms. The number of aryl methyl sites for hydroxylation is 1. The third kappa shape index (κ3) is 3.64. The van der Waals surface area contributed by atoms with Gasteiger partial charge in [0.1, 0.15) is 11.4 Å². The van der Waals surface area contributed by atoms with Crippen molar-refractivity contribution in [3.63, 3.8) is 0 Å². The molecule has 8 heteroatoms. The van der Waals surface area contributed by atoms with Gasteiger partial charge in [-0.15, -0.1) is 0 Å². The number of rotatable bonds is 4. The maximum absolute atomic E-state index is 13.5. The summed E-state index contributed by atoms with van der Waals surface area (Å²) in [6, 6.07) is 9.38. The summed E-state index contributed by atoms with van der Waals surface area (Å²) in [7, 11) is 1.47. The van der Waals surface area contributed by atoms with Gasteiger partial charge in [0.2, 0.25) is 0 Å². The van der Waals surface area contributed by atoms with Crippen LogP contribution in [0.15, 0.2) is 53.8 Å². The number of hydrogen-bond donors (Lipinski definition) is 0. The van der Waals surface area contributed by atoms with Gasteiger partial charge in [-0.3, -0.25) is 0 Å². The molecule has 4 aromatic rings. The highest BCUT2D eigenvalue weighted by molar-refractivity contribution is 7.98. The second-order valence-electron chi connectivity index (χ2n) is 6.38. The lowest BCUT2D eigenvalue weighted by molar-refractivity contribution is -0.136. The predicted molar refractivity (Wildman–Crippen MR) is 103 cm³/mol. The number of pyridine rings is 2. The van der Waals surface area contributed by atoms with Crippen LogP contribution in [0.4, 0.5) is 13.2 Å². The predicted octanol–water partition coefficient (Wildman–Crippen LogP) is 5.51. The van der Waals surface area contributed by atoms with Gasteiger partial charge < -0.3 is 9.14 Å². The number of imidazole rings is 1. The van der Waals surface area contributed by atoms with Crippen LogP contribution in [-0.2, 0) is 11.9 Å². The van der Waals surface area contributed by atoms with Crippen LogP contribution in [0, 0.1) is 6.92 Å². The average molecular weight is 403 g/mol. The van der Waals surface area contributed by atoms with Crippen LogP contribution in [0.1, 0.15) is 16.8 Å². The third-order valence-corrected chi connectivity index (χ3v) is 5.26. The molecule has 144 valence electrons. The van der Waals surface area contributed by atoms with E-state index in [9.17, 15) is 13.2 Å². The highest BCUT2D eigenvalue weighted by Crippen LogP contribution is 2.38. The molecule has 4 nitrogen and oxygen atoms in total. The molecule has 0 N–H and O–H groups in total. The fourth-order valence-electron chi connectivity index (χ4n) is 2.99. The zero-order valence-electron chi connectivity index (χ0n) is 15.1. The zero-order valence-corrected chi connectivity index (χ0v) is 15.9. The second-order valence-corrected chi connectivity index (χ2v) is 7.38. The minimum atomic E-state index is -4.47. The molecule has 0 aliphatic heterocycles. The maximum Gasteiger partial charge on any atom is 0.417 e. The lowest BCUT2D eigenvalue weighted by Gasteiger charge is -2.13. The van der Waals surface area contributed by atoms with E-state index in [1.807, 2.05) is 35.9 Å². The summed E-state index contributed by atoms with van der Waals surface area (Å²) < 4.78 is 47.6. The number of thioether (sulfide) groups is 1. The van der Waals surface area contributed by atoms with Crippen molar-refractivity contribution in [2.45, 2.75) is 23.9 Å². The van der Waals surface area contributed by atoms with E-state index in [-0.39, 0.29) is 10.9 Å². The molecule has 0 aliphatic carbocycles. The smallest absolute Gasteiger partial charge is 0.417 e. The Balaban J connectivity index is 1.68. The van der Waals surface area contributed by atoms with E-state index < -0.39 is 11.7 Å². The SMILES string of the molecule is COc1ccc2c(C(F)(F)F)cc(SCc3cn4cc(C)ccc4n3)nc2c1. The Morgan fingerprint density at radius 3 is 2.64 bits per heavy atom. The lowest BCUT2D eigenvalue weighted by atomic mass is 10.1. The molecule has 0 saturated carbocycles. The van der Waals surface area contributed by atoms with E-state index in [1.54, 1.807) is 0 Å². The Hall–Kier alpha value is -2.74. The fourth-order valence-corrected chi connectivity index (χ4v) is 3.79. The van der Waals surface area contributed by atoms with Crippen LogP contribution < -0.4 is 4.74 Å². The largest absolute Gasteiger partial charge is 0.497 e. The summed E-state index contributed by atoms with van der Waals surface area (Å²) in [4.78, 5) is 8.89. The fraction of sp³-hybridized carbons (Fsp3) is 0.200. The topological polar surface area (TPSA) is 39.4 Å². The number of halogens is 3. The molecule has 0 fully saturated rings. The monoisotopic (exact) mass is 403 g/mol. The Labute approximate surface area is 163 Å². The molecular formula is C20H16F3N3OS. The average Bonchev–Trinajstić information content (AvgIpc) is 3.06. The van der Waals surface area contributed by atoms with Gasteiger partial charge in [-0.1, -0.05) is 17.8 Å². The van der Waals surface area contributed by atoms with Crippen molar-refractivity contribution in [2.75, 3.05) is 7.11 Å². The Morgan fingerprint density at radius 1 is 1.07 bits per heavy atom. The van der Waals surface area contributed by atoms with Gasteiger partial charge in [0.15, 0.2) is 0 Å². The first-order valence-corrected chi connectivity index (χ1v) is 9.45. The molecule has 0 bridgehead atoms. The summed E-state index contributed by atoms with van der Waals surface area (Å²) in [6.45, 7) is 1.99. The van der Waals surface area contributed by atoms with Crippen LogP contribution in [0.2, 0.25) is 0 Å². The standard InChI is InChI=1S/C20H16F3N3OS/c1-12-3-6-18-24-13(10-26(18)9-12)11-28-19-8-16(20(21,22)23)15-5-4-14(27-2)7-17(15)25-19/h3-10H,11H2,1-2H3. The van der Waals surface area contributed by atoms with Gasteiger partial charge in [-0.05, 0) is 36.8 Å². The Kier molecular flexibility index (Phi) is 4.66. The van der Waals surface area contributed by atoms with Crippen molar-refractivity contribution in [2.24, 2.45) is 0 Å². The number of ether oxygens (including phenoxy) is 1. The van der Waals surface area contributed by atoms with Gasteiger partial charge in [-0.25, -0.2) is 9.97 Å². The number of fused-ring (bicyclic) bond motifs is 2. The van der Waals surface area contributed by atoms with E-state index in [2.05, 4.69) is 9.97 Å². The maximum atomic E-state index is 13.5. The van der Waals surface area contributed by atoms with E-state index in [0.717, 1.165) is 23.0 Å². The van der Waals surface area contributed by atoms with Gasteiger partial charge >= 0.3 is 6.18 Å². The number of methoxy groups -OCH3 is 1. The zero-order chi connectivity index (χ0) is 19.9. The molecule has 0 unspecified atom stereocenters. The first-order valence-electron chi connectivity index (χ1n) is 8.46. The molecule has 1 aromatic carbocycles. The molecular weight excluding hydrogens is 387 g/mol. The van der Waals surface area contributed by atoms with Gasteiger partial charge in [-0.2, -0.15) is 13.2 Å². The Morgan fingerprint density at radius 2 is 1.89 bits per heavy atom. The van der Waals surface area contributed by atoms with E-state index in [0.29, 0.717) is 16.5 Å². The first-order chi connectivity index (χ1) is 13.3. The number of alkyl halides is 3. The van der Waals surface area contributed by atoms with E-state index >= 15 is 0 Å². The summed E-state index contributed by atoms with van der Waals surface area (Å²) in [5, 5.41) is 0.349. The van der Waals surface area contributed by atoms with Crippen LogP contribution >= 0.6 is 11.8 Å². The van der Waals surface area contributed by atoms with Crippen LogP contribution in [-0.4, -0.2) is 21.5 Å². The summed E-state index contributed by atoms with van der Waals surface area (Å²) >= 11 is 1.22. The van der Waals surface area contributed by atoms with E-state index in [4.69, 9.17) is 4.74 Å². The van der Waals surface area contributed by atoms with Crippen LogP contribution in [0.3, 0.4) is 0 Å². The molecule has 0 amide bonds. The molecule has 0 atom stereocenters. The van der Waals surface area contributed by atoms with Crippen molar-refractivity contribution < 1.29 is 17.9 Å². The summed E-state index contributed by atoms with van der Waals surface area (Å²) in [5.41, 5.74) is 2.23. The molecule has 0 saturated heterocycles. The molecule has 3 aromatic heterocycles. The molecule has 0 spiro atoms. The van der Waals surface area contributed by atoms with Crippen molar-refractivity contribution in [3.8, 4) is 5.75 Å². The minimum absolute atomic E-state index is 0.0563. The van der Waals surface area contributed by atoms with Crippen LogP contribution in [0.25, 0.3) is 16.6 Å². The van der Waals surface area contributed by atoms with Gasteiger partial charge in [0.05, 0.1) is 28.9 Å². The lowest BCUT2D eigenvalue weighted by Crippen LogP contribution is -2.07. The number of aromatic nitrogens is 3. The van der Waals surface area contributed by atoms with Crippen molar-refractivity contribution in [1.82, 2.24) is 14.4 Å². The third-order valence-electron chi connectivity index (χ3n) is 4.32. The molecule has 0 aliphatic rings. The number of hydrogen-bond acceptors (Lipinski definition) is 4. The summed E-state index contributed by atoms with van der Waals surface area (Å²) in [6.07, 6.45) is -0.630. The molecule has 0 radical (unpaired) electrons. The van der Waals surface area contributed by atoms with Crippen molar-refractivity contribution in [1.29, 1.82) is 0 Å². The Bertz CT molecular complexity index is 1170. The van der Waals surface area contributed by atoms with Crippen molar-refractivity contribution in [3.05, 3.63) is 65.6 Å². The molecule has 3 heterocycles. The minimum Gasteiger partial charge on any atom is -0.497 e. The molecule has 4 rings (SSSR count). The quantitative estimate of drug-likeness (QED) is 0.421. The highest BCUT2D eigenvalue weighted by atomic mass is 32.2. The summed E-state index contributed by atoms with van der Waals surface area (Å²) in [5.74, 6) is 0.881. The van der Waals surface area contributed by atoms with E-state index in [1.165, 1.54) is 37.1 Å². The normalized spacial score (nSPS) is 12.0. The van der Waals surface area contributed by atoms with Crippen molar-refractivity contribution >= 4 is 28.3 Å². The second kappa shape index (κ2) is 7.01. The first kappa shape index (κ1) is 18.6. The number of benzene rings is 1. The highest BCUT2D eigenvalue weighted by Gasteiger charge is 2.33.